The lowest BCUT2D eigenvalue weighted by Crippen LogP contribution is -2.02. The molecular weight excluding hydrogens is 731 g/mol. The lowest BCUT2D eigenvalue weighted by atomic mass is 9.89. The molecule has 0 bridgehead atoms. The van der Waals surface area contributed by atoms with Crippen molar-refractivity contribution in [1.82, 2.24) is 24.1 Å². The monoisotopic (exact) mass is 775 g/mol. The summed E-state index contributed by atoms with van der Waals surface area (Å²) in [6, 6.07) is 53.0. The van der Waals surface area contributed by atoms with Gasteiger partial charge in [0.2, 0.25) is 0 Å². The average molecular weight is 776 g/mol. The Bertz CT molecular complexity index is 3480. The van der Waals surface area contributed by atoms with Crippen molar-refractivity contribution in [1.29, 1.82) is 0 Å². The van der Waals surface area contributed by atoms with Crippen molar-refractivity contribution in [3.63, 3.8) is 0 Å². The molecule has 0 fully saturated rings. The number of hydrogen-bond acceptors (Lipinski definition) is 2. The van der Waals surface area contributed by atoms with Crippen LogP contribution < -0.4 is 0 Å². The standard InChI is InChI=1S/C55H45N5/c1-32(2)45-29-38(51-35(5)26-34(4)27-36(51)6)30-46-42-23-22-37(31-49(42)60(54(45)46)50-28-33(3)24-25-56-50)40-17-13-21-48-53(40)58-55(59(48)39-14-8-7-9-15-39)44-19-12-18-43-41-16-10-11-20-47(41)57-52(43)44/h7-32,57H,1-6H3. The molecule has 290 valence electrons. The highest BCUT2D eigenvalue weighted by Crippen LogP contribution is 2.44. The highest BCUT2D eigenvalue weighted by Gasteiger charge is 2.24. The maximum atomic E-state index is 5.60. The predicted molar refractivity (Wildman–Crippen MR) is 252 cm³/mol. The van der Waals surface area contributed by atoms with E-state index < -0.39 is 0 Å². The van der Waals surface area contributed by atoms with E-state index in [2.05, 4.69) is 201 Å². The Morgan fingerprint density at radius 2 is 1.30 bits per heavy atom. The van der Waals surface area contributed by atoms with Gasteiger partial charge in [-0.1, -0.05) is 104 Å². The second-order valence-electron chi connectivity index (χ2n) is 16.8. The van der Waals surface area contributed by atoms with E-state index in [1.165, 1.54) is 66.0 Å². The zero-order valence-electron chi connectivity index (χ0n) is 34.8. The molecule has 5 heteroatoms. The van der Waals surface area contributed by atoms with Gasteiger partial charge >= 0.3 is 0 Å². The van der Waals surface area contributed by atoms with Gasteiger partial charge in [-0.3, -0.25) is 9.13 Å². The maximum Gasteiger partial charge on any atom is 0.147 e. The first-order chi connectivity index (χ1) is 29.2. The number of imidazole rings is 1. The maximum absolute atomic E-state index is 5.60. The zero-order valence-corrected chi connectivity index (χ0v) is 34.8. The third kappa shape index (κ3) is 5.53. The fraction of sp³-hybridized carbons (Fsp3) is 0.127. The van der Waals surface area contributed by atoms with Gasteiger partial charge in [0.1, 0.15) is 11.6 Å². The second-order valence-corrected chi connectivity index (χ2v) is 16.8. The molecule has 5 nitrogen and oxygen atoms in total. The van der Waals surface area contributed by atoms with E-state index >= 15 is 0 Å². The molecule has 0 unspecified atom stereocenters. The van der Waals surface area contributed by atoms with Crippen molar-refractivity contribution in [2.45, 2.75) is 47.5 Å². The molecule has 0 saturated heterocycles. The number of aryl methyl sites for hydroxylation is 4. The SMILES string of the molecule is Cc1ccnc(-n2c3cc(-c4cccc5c4nc(-c4cccc6c4[nH]c4ccccc46)n5-c4ccccc4)ccc3c3cc(-c4c(C)cc(C)cc4C)cc(C(C)C)c32)c1. The first-order valence-electron chi connectivity index (χ1n) is 20.9. The van der Waals surface area contributed by atoms with Crippen LogP contribution in [-0.2, 0) is 0 Å². The van der Waals surface area contributed by atoms with Crippen LogP contribution in [0.25, 0.3) is 99.8 Å². The van der Waals surface area contributed by atoms with Crippen LogP contribution in [0.4, 0.5) is 0 Å². The van der Waals surface area contributed by atoms with Crippen LogP contribution in [0.2, 0.25) is 0 Å². The summed E-state index contributed by atoms with van der Waals surface area (Å²) in [5, 5.41) is 4.84. The summed E-state index contributed by atoms with van der Waals surface area (Å²) >= 11 is 0. The topological polar surface area (TPSA) is 51.4 Å². The summed E-state index contributed by atoms with van der Waals surface area (Å²) in [7, 11) is 0. The summed E-state index contributed by atoms with van der Waals surface area (Å²) in [5.74, 6) is 2.10. The number of hydrogen-bond donors (Lipinski definition) is 1. The van der Waals surface area contributed by atoms with Gasteiger partial charge in [-0.25, -0.2) is 9.97 Å². The summed E-state index contributed by atoms with van der Waals surface area (Å²) < 4.78 is 4.72. The minimum atomic E-state index is 0.279. The summed E-state index contributed by atoms with van der Waals surface area (Å²) in [4.78, 5) is 14.4. The van der Waals surface area contributed by atoms with E-state index in [1.807, 2.05) is 6.20 Å². The van der Waals surface area contributed by atoms with Gasteiger partial charge in [-0.05, 0) is 133 Å². The van der Waals surface area contributed by atoms with Gasteiger partial charge in [-0.2, -0.15) is 0 Å². The highest BCUT2D eigenvalue weighted by atomic mass is 15.1. The van der Waals surface area contributed by atoms with Crippen LogP contribution in [0, 0.1) is 27.7 Å². The first kappa shape index (κ1) is 35.9. The minimum Gasteiger partial charge on any atom is -0.354 e. The molecule has 0 radical (unpaired) electrons. The fourth-order valence-corrected chi connectivity index (χ4v) is 9.86. The second kappa shape index (κ2) is 13.7. The first-order valence-corrected chi connectivity index (χ1v) is 20.9. The number of H-pyrrole nitrogens is 1. The molecule has 60 heavy (non-hydrogen) atoms. The van der Waals surface area contributed by atoms with Crippen molar-refractivity contribution in [3.05, 3.63) is 180 Å². The van der Waals surface area contributed by atoms with E-state index in [1.54, 1.807) is 0 Å². The normalized spacial score (nSPS) is 12.0. The van der Waals surface area contributed by atoms with E-state index in [0.717, 1.165) is 61.6 Å². The van der Waals surface area contributed by atoms with Gasteiger partial charge in [0.05, 0.1) is 27.6 Å². The van der Waals surface area contributed by atoms with Crippen molar-refractivity contribution < 1.29 is 0 Å². The third-order valence-electron chi connectivity index (χ3n) is 12.4. The molecule has 1 N–H and O–H groups in total. The molecule has 0 aliphatic heterocycles. The number of nitrogens with one attached hydrogen (secondary N) is 1. The summed E-state index contributed by atoms with van der Waals surface area (Å²) in [5.41, 5.74) is 19.8. The van der Waals surface area contributed by atoms with Gasteiger partial charge in [0, 0.05) is 50.1 Å². The number of para-hydroxylation sites is 4. The minimum absolute atomic E-state index is 0.279. The molecule has 0 atom stereocenters. The van der Waals surface area contributed by atoms with E-state index in [-0.39, 0.29) is 5.92 Å². The van der Waals surface area contributed by atoms with Crippen LogP contribution >= 0.6 is 0 Å². The smallest absolute Gasteiger partial charge is 0.147 e. The molecule has 7 aromatic carbocycles. The number of aromatic nitrogens is 5. The summed E-state index contributed by atoms with van der Waals surface area (Å²) in [6.45, 7) is 13.4. The Morgan fingerprint density at radius 3 is 2.10 bits per heavy atom. The molecule has 0 aliphatic carbocycles. The van der Waals surface area contributed by atoms with E-state index in [4.69, 9.17) is 9.97 Å². The highest BCUT2D eigenvalue weighted by molar-refractivity contribution is 6.14. The van der Waals surface area contributed by atoms with Crippen LogP contribution in [0.5, 0.6) is 0 Å². The predicted octanol–water partition coefficient (Wildman–Crippen LogP) is 14.5. The third-order valence-corrected chi connectivity index (χ3v) is 12.4. The number of aromatic amines is 1. The molecule has 0 spiro atoms. The molecule has 4 heterocycles. The van der Waals surface area contributed by atoms with Crippen molar-refractivity contribution in [2.75, 3.05) is 0 Å². The number of pyridine rings is 1. The number of nitrogens with zero attached hydrogens (tertiary/aromatic N) is 4. The van der Waals surface area contributed by atoms with Gasteiger partial charge < -0.3 is 4.98 Å². The Balaban J connectivity index is 1.20. The van der Waals surface area contributed by atoms with Crippen LogP contribution in [0.3, 0.4) is 0 Å². The zero-order chi connectivity index (χ0) is 40.8. The molecule has 4 aromatic heterocycles. The Labute approximate surface area is 349 Å². The quantitative estimate of drug-likeness (QED) is 0.183. The van der Waals surface area contributed by atoms with E-state index in [0.29, 0.717) is 0 Å². The van der Waals surface area contributed by atoms with Crippen molar-refractivity contribution >= 4 is 54.6 Å². The number of benzene rings is 7. The Morgan fingerprint density at radius 1 is 0.550 bits per heavy atom. The largest absolute Gasteiger partial charge is 0.354 e. The van der Waals surface area contributed by atoms with E-state index in [9.17, 15) is 0 Å². The fourth-order valence-electron chi connectivity index (χ4n) is 9.86. The molecule has 0 aliphatic rings. The van der Waals surface area contributed by atoms with Crippen molar-refractivity contribution in [3.8, 4) is 45.1 Å². The summed E-state index contributed by atoms with van der Waals surface area (Å²) in [6.07, 6.45) is 1.93. The van der Waals surface area contributed by atoms with Crippen LogP contribution in [-0.4, -0.2) is 24.1 Å². The Kier molecular flexibility index (Phi) is 8.18. The van der Waals surface area contributed by atoms with Gasteiger partial charge in [-0.15, -0.1) is 0 Å². The number of rotatable bonds is 6. The van der Waals surface area contributed by atoms with Crippen molar-refractivity contribution in [2.24, 2.45) is 0 Å². The van der Waals surface area contributed by atoms with Gasteiger partial charge in [0.15, 0.2) is 0 Å². The molecular formula is C55H45N5. The van der Waals surface area contributed by atoms with Crippen LogP contribution in [0.15, 0.2) is 152 Å². The number of fused-ring (bicyclic) bond motifs is 7. The van der Waals surface area contributed by atoms with Crippen LogP contribution in [0.1, 0.15) is 47.6 Å². The lowest BCUT2D eigenvalue weighted by molar-refractivity contribution is 0.868. The lowest BCUT2D eigenvalue weighted by Gasteiger charge is -2.17. The molecule has 0 amide bonds. The van der Waals surface area contributed by atoms with Gasteiger partial charge in [0.25, 0.3) is 0 Å². The molecule has 11 aromatic rings. The molecule has 11 rings (SSSR count). The Hall–Kier alpha value is -7.24. The average Bonchev–Trinajstić information content (AvgIpc) is 3.93. The molecule has 0 saturated carbocycles.